The highest BCUT2D eigenvalue weighted by Crippen LogP contribution is 2.57. The highest BCUT2D eigenvalue weighted by molar-refractivity contribution is 5.98. The molecule has 1 aromatic heterocycles. The molecule has 2 atom stereocenters. The van der Waals surface area contributed by atoms with Crippen LogP contribution < -0.4 is 4.90 Å². The van der Waals surface area contributed by atoms with Gasteiger partial charge in [-0.05, 0) is 50.6 Å². The van der Waals surface area contributed by atoms with Crippen molar-refractivity contribution < 1.29 is 4.74 Å². The van der Waals surface area contributed by atoms with Crippen LogP contribution in [0.1, 0.15) is 32.4 Å². The third kappa shape index (κ3) is 2.21. The number of benzene rings is 1. The molecule has 23 heavy (non-hydrogen) atoms. The summed E-state index contributed by atoms with van der Waals surface area (Å²) in [6, 6.07) is 14.8. The molecule has 3 heterocycles. The number of hydrogen-bond donors (Lipinski definition) is 0. The normalized spacial score (nSPS) is 28.2. The number of hydrogen-bond acceptors (Lipinski definition) is 4. The Hall–Kier alpha value is -2.36. The second-order valence-electron chi connectivity index (χ2n) is 7.05. The van der Waals surface area contributed by atoms with Crippen LogP contribution in [0.3, 0.4) is 0 Å². The fraction of sp³-hybridized carbons (Fsp3) is 0.368. The minimum atomic E-state index is -0.240. The van der Waals surface area contributed by atoms with Crippen molar-refractivity contribution in [3.63, 3.8) is 0 Å². The molecule has 4 nitrogen and oxygen atoms in total. The minimum absolute atomic E-state index is 0.147. The fourth-order valence-electron chi connectivity index (χ4n) is 3.48. The molecular weight excluding hydrogens is 286 g/mol. The van der Waals surface area contributed by atoms with E-state index in [-0.39, 0.29) is 17.1 Å². The lowest BCUT2D eigenvalue weighted by Gasteiger charge is -2.12. The van der Waals surface area contributed by atoms with E-state index in [1.165, 1.54) is 11.3 Å². The summed E-state index contributed by atoms with van der Waals surface area (Å²) in [7, 11) is 0. The van der Waals surface area contributed by atoms with Crippen molar-refractivity contribution in [2.45, 2.75) is 37.9 Å². The van der Waals surface area contributed by atoms with Crippen LogP contribution in [0.15, 0.2) is 59.9 Å². The molecular formula is C19H21N3O. The maximum atomic E-state index is 5.99. The van der Waals surface area contributed by atoms with Gasteiger partial charge in [-0.15, -0.1) is 0 Å². The monoisotopic (exact) mass is 307 g/mol. The minimum Gasteiger partial charge on any atom is -0.477 e. The third-order valence-electron chi connectivity index (χ3n) is 4.68. The molecule has 1 aromatic carbocycles. The van der Waals surface area contributed by atoms with Crippen LogP contribution in [-0.2, 0) is 4.74 Å². The number of nitrogens with zero attached hydrogens (tertiary/aromatic N) is 3. The molecule has 0 bridgehead atoms. The van der Waals surface area contributed by atoms with Crippen LogP contribution in [0.4, 0.5) is 5.69 Å². The zero-order chi connectivity index (χ0) is 16.1. The van der Waals surface area contributed by atoms with E-state index in [0.717, 1.165) is 5.90 Å². The summed E-state index contributed by atoms with van der Waals surface area (Å²) in [4.78, 5) is 11.4. The number of ether oxygens (including phenoxy) is 1. The molecule has 4 heteroatoms. The number of aliphatic imine (C=N–C) groups is 1. The van der Waals surface area contributed by atoms with Gasteiger partial charge in [-0.1, -0.05) is 18.2 Å². The van der Waals surface area contributed by atoms with Crippen molar-refractivity contribution in [2.75, 3.05) is 11.5 Å². The molecule has 0 aliphatic carbocycles. The maximum absolute atomic E-state index is 5.99. The van der Waals surface area contributed by atoms with Gasteiger partial charge in [-0.3, -0.25) is 4.98 Å². The molecule has 0 N–H and O–H groups in total. The van der Waals surface area contributed by atoms with Gasteiger partial charge in [0.05, 0.1) is 11.6 Å². The summed E-state index contributed by atoms with van der Waals surface area (Å²) in [6.07, 6.45) is 3.69. The maximum Gasteiger partial charge on any atom is 0.213 e. The Kier molecular flexibility index (Phi) is 2.98. The average molecular weight is 307 g/mol. The van der Waals surface area contributed by atoms with Crippen molar-refractivity contribution in [1.82, 2.24) is 4.98 Å². The molecule has 4 rings (SSSR count). The molecule has 2 aliphatic rings. The Morgan fingerprint density at radius 3 is 2.35 bits per heavy atom. The lowest BCUT2D eigenvalue weighted by Crippen LogP contribution is -2.26. The number of anilines is 1. The van der Waals surface area contributed by atoms with E-state index < -0.39 is 0 Å². The largest absolute Gasteiger partial charge is 0.477 e. The van der Waals surface area contributed by atoms with E-state index in [1.807, 2.05) is 18.5 Å². The van der Waals surface area contributed by atoms with Gasteiger partial charge in [0.1, 0.15) is 12.1 Å². The van der Waals surface area contributed by atoms with Crippen LogP contribution in [0.2, 0.25) is 0 Å². The molecule has 0 radical (unpaired) electrons. The first-order chi connectivity index (χ1) is 11.0. The Morgan fingerprint density at radius 1 is 1.04 bits per heavy atom. The molecule has 2 aromatic rings. The lowest BCUT2D eigenvalue weighted by atomic mass is 10.0. The smallest absolute Gasteiger partial charge is 0.213 e. The Labute approximate surface area is 136 Å². The van der Waals surface area contributed by atoms with E-state index in [2.05, 4.69) is 67.1 Å². The van der Waals surface area contributed by atoms with Gasteiger partial charge >= 0.3 is 0 Å². The zero-order valence-corrected chi connectivity index (χ0v) is 13.7. The summed E-state index contributed by atoms with van der Waals surface area (Å²) in [5.41, 5.74) is 2.04. The van der Waals surface area contributed by atoms with Crippen molar-refractivity contribution in [3.8, 4) is 0 Å². The van der Waals surface area contributed by atoms with Crippen molar-refractivity contribution in [2.24, 2.45) is 4.99 Å². The summed E-state index contributed by atoms with van der Waals surface area (Å²) in [6.45, 7) is 7.08. The van der Waals surface area contributed by atoms with Crippen molar-refractivity contribution in [1.29, 1.82) is 0 Å². The number of pyridine rings is 1. The Morgan fingerprint density at radius 2 is 1.74 bits per heavy atom. The van der Waals surface area contributed by atoms with Gasteiger partial charge in [-0.25, -0.2) is 4.99 Å². The zero-order valence-electron chi connectivity index (χ0n) is 13.7. The number of para-hydroxylation sites is 1. The molecule has 2 aliphatic heterocycles. The Balaban J connectivity index is 1.77. The molecule has 0 spiro atoms. The summed E-state index contributed by atoms with van der Waals surface area (Å²) >= 11 is 0. The molecule has 1 saturated heterocycles. The van der Waals surface area contributed by atoms with Gasteiger partial charge in [-0.2, -0.15) is 0 Å². The van der Waals surface area contributed by atoms with E-state index in [1.54, 1.807) is 0 Å². The highest BCUT2D eigenvalue weighted by atomic mass is 16.5. The van der Waals surface area contributed by atoms with Crippen LogP contribution in [0.5, 0.6) is 0 Å². The van der Waals surface area contributed by atoms with Gasteiger partial charge in [0.15, 0.2) is 0 Å². The van der Waals surface area contributed by atoms with Gasteiger partial charge in [0, 0.05) is 18.1 Å². The van der Waals surface area contributed by atoms with E-state index >= 15 is 0 Å². The van der Waals surface area contributed by atoms with Crippen LogP contribution in [0.25, 0.3) is 0 Å². The first-order valence-electron chi connectivity index (χ1n) is 8.00. The predicted octanol–water partition coefficient (Wildman–Crippen LogP) is 3.61. The molecule has 0 unspecified atom stereocenters. The number of aromatic nitrogens is 1. The first kappa shape index (κ1) is 14.2. The third-order valence-corrected chi connectivity index (χ3v) is 4.68. The standard InChI is InChI=1S/C19H21N3O/c1-18(2)13-23-17(21-18)19(3)16(14-9-11-20-12-10-14)22(19)15-7-5-4-6-8-15/h4-12,16H,13H2,1-3H3/t16-,19+,22?/m0/s1. The quantitative estimate of drug-likeness (QED) is 0.813. The summed E-state index contributed by atoms with van der Waals surface area (Å²) in [5.74, 6) is 0.841. The first-order valence-corrected chi connectivity index (χ1v) is 8.00. The lowest BCUT2D eigenvalue weighted by molar-refractivity contribution is 0.270. The highest BCUT2D eigenvalue weighted by Gasteiger charge is 2.65. The van der Waals surface area contributed by atoms with Gasteiger partial charge in [0.2, 0.25) is 5.90 Å². The summed E-state index contributed by atoms with van der Waals surface area (Å²) < 4.78 is 5.99. The molecule has 1 fully saturated rings. The van der Waals surface area contributed by atoms with Crippen molar-refractivity contribution >= 4 is 11.6 Å². The van der Waals surface area contributed by atoms with E-state index in [0.29, 0.717) is 6.61 Å². The van der Waals surface area contributed by atoms with Gasteiger partial charge < -0.3 is 9.64 Å². The van der Waals surface area contributed by atoms with Crippen LogP contribution in [0, 0.1) is 0 Å². The molecule has 118 valence electrons. The SMILES string of the molecule is CC1(C)COC([C@@]2(C)[C@H](c3ccncc3)N2c2ccccc2)=N1. The second-order valence-corrected chi connectivity index (χ2v) is 7.05. The molecule has 0 saturated carbocycles. The average Bonchev–Trinajstić information content (AvgIpc) is 3.03. The van der Waals surface area contributed by atoms with Crippen molar-refractivity contribution in [3.05, 3.63) is 60.4 Å². The number of rotatable bonds is 3. The molecule has 0 amide bonds. The topological polar surface area (TPSA) is 37.5 Å². The Bertz CT molecular complexity index is 694. The van der Waals surface area contributed by atoms with Crippen LogP contribution >= 0.6 is 0 Å². The van der Waals surface area contributed by atoms with Gasteiger partial charge in [0.25, 0.3) is 0 Å². The summed E-state index contributed by atoms with van der Waals surface area (Å²) in [5, 5.41) is 0. The second kappa shape index (κ2) is 4.82. The fourth-order valence-corrected chi connectivity index (χ4v) is 3.48. The van der Waals surface area contributed by atoms with Crippen LogP contribution in [-0.4, -0.2) is 28.6 Å². The predicted molar refractivity (Wildman–Crippen MR) is 91.8 cm³/mol. The van der Waals surface area contributed by atoms with E-state index in [4.69, 9.17) is 9.73 Å². The van der Waals surface area contributed by atoms with E-state index in [9.17, 15) is 0 Å².